The highest BCUT2D eigenvalue weighted by atomic mass is 19.4. The number of hydrogen-bond acceptors (Lipinski definition) is 7. The van der Waals surface area contributed by atoms with Crippen molar-refractivity contribution in [3.8, 4) is 17.1 Å². The first-order valence-corrected chi connectivity index (χ1v) is 14.4. The van der Waals surface area contributed by atoms with Crippen molar-refractivity contribution in [3.05, 3.63) is 72.4 Å². The van der Waals surface area contributed by atoms with Crippen LogP contribution in [0.2, 0.25) is 0 Å². The molecule has 13 heteroatoms. The molecule has 0 saturated carbocycles. The lowest BCUT2D eigenvalue weighted by Gasteiger charge is -2.41. The number of carbonyl (C=O) groups is 1. The fourth-order valence-electron chi connectivity index (χ4n) is 6.19. The normalized spacial score (nSPS) is 19.7. The van der Waals surface area contributed by atoms with E-state index in [0.717, 1.165) is 23.9 Å². The Bertz CT molecular complexity index is 1830. The third-order valence-electron chi connectivity index (χ3n) is 8.34. The number of imidazole rings is 2. The van der Waals surface area contributed by atoms with Crippen LogP contribution in [0.5, 0.6) is 5.88 Å². The average molecular weight is 606 g/mol. The van der Waals surface area contributed by atoms with Gasteiger partial charge in [-0.05, 0) is 36.6 Å². The van der Waals surface area contributed by atoms with E-state index in [4.69, 9.17) is 9.47 Å². The Morgan fingerprint density at radius 3 is 2.66 bits per heavy atom. The van der Waals surface area contributed by atoms with Crippen molar-refractivity contribution in [3.63, 3.8) is 0 Å². The number of rotatable bonds is 5. The van der Waals surface area contributed by atoms with Crippen molar-refractivity contribution in [1.29, 1.82) is 0 Å². The first-order chi connectivity index (χ1) is 21.3. The van der Waals surface area contributed by atoms with Gasteiger partial charge in [0, 0.05) is 38.2 Å². The summed E-state index contributed by atoms with van der Waals surface area (Å²) in [5.74, 6) is -0.0422. The van der Waals surface area contributed by atoms with Crippen LogP contribution in [0.25, 0.3) is 33.2 Å². The highest BCUT2D eigenvalue weighted by molar-refractivity contribution is 5.90. The Morgan fingerprint density at radius 2 is 1.89 bits per heavy atom. The lowest BCUT2D eigenvalue weighted by molar-refractivity contribution is -0.146. The number of carbonyl (C=O) groups excluding carboxylic acids is 1. The molecule has 2 aliphatic heterocycles. The number of ether oxygens (including phenoxy) is 2. The van der Waals surface area contributed by atoms with Gasteiger partial charge in [-0.2, -0.15) is 13.2 Å². The van der Waals surface area contributed by atoms with E-state index in [0.29, 0.717) is 59.8 Å². The van der Waals surface area contributed by atoms with Crippen LogP contribution in [0, 0.1) is 5.92 Å². The lowest BCUT2D eigenvalue weighted by Crippen LogP contribution is -2.53. The second-order valence-electron chi connectivity index (χ2n) is 11.2. The fraction of sp³-hybridized carbons (Fsp3) is 0.355. The van der Waals surface area contributed by atoms with Gasteiger partial charge in [0.2, 0.25) is 11.7 Å². The predicted molar refractivity (Wildman–Crippen MR) is 156 cm³/mol. The summed E-state index contributed by atoms with van der Waals surface area (Å²) in [6.45, 7) is 3.23. The SMILES string of the molecule is COc1nc2ccccc2cc1-c1cnc([C@@H]2CN(CC3CCOC3)CCN2C(=O)n2c(C(F)(F)F)nc3ccccc32)[nH]1. The Morgan fingerprint density at radius 1 is 1.09 bits per heavy atom. The van der Waals surface area contributed by atoms with Crippen LogP contribution in [-0.2, 0) is 10.9 Å². The zero-order chi connectivity index (χ0) is 30.4. The number of hydrogen-bond donors (Lipinski definition) is 1. The summed E-state index contributed by atoms with van der Waals surface area (Å²) in [6, 6.07) is 14.3. The van der Waals surface area contributed by atoms with Crippen LogP contribution in [0.3, 0.4) is 0 Å². The molecule has 2 fully saturated rings. The summed E-state index contributed by atoms with van der Waals surface area (Å²) in [7, 11) is 1.54. The number of H-pyrrole nitrogens is 1. The third kappa shape index (κ3) is 5.15. The maximum Gasteiger partial charge on any atom is 0.450 e. The molecule has 3 aromatic heterocycles. The number of methoxy groups -OCH3 is 1. The van der Waals surface area contributed by atoms with Gasteiger partial charge in [0.15, 0.2) is 0 Å². The number of piperazine rings is 1. The van der Waals surface area contributed by atoms with Crippen molar-refractivity contribution in [1.82, 2.24) is 34.3 Å². The molecule has 5 aromatic rings. The molecule has 7 rings (SSSR count). The summed E-state index contributed by atoms with van der Waals surface area (Å²) in [5.41, 5.74) is 2.27. The van der Waals surface area contributed by atoms with Gasteiger partial charge in [0.25, 0.3) is 0 Å². The quantitative estimate of drug-likeness (QED) is 0.288. The molecule has 0 radical (unpaired) electrons. The number of amides is 1. The molecule has 5 heterocycles. The Balaban J connectivity index is 1.28. The van der Waals surface area contributed by atoms with E-state index in [1.54, 1.807) is 18.3 Å². The van der Waals surface area contributed by atoms with Crippen molar-refractivity contribution >= 4 is 28.0 Å². The zero-order valence-corrected chi connectivity index (χ0v) is 23.9. The molecule has 2 aromatic carbocycles. The van der Waals surface area contributed by atoms with Crippen molar-refractivity contribution in [2.45, 2.75) is 18.6 Å². The number of aromatic nitrogens is 5. The molecule has 1 N–H and O–H groups in total. The zero-order valence-electron chi connectivity index (χ0n) is 23.9. The van der Waals surface area contributed by atoms with Crippen LogP contribution in [0.1, 0.15) is 24.1 Å². The summed E-state index contributed by atoms with van der Waals surface area (Å²) in [4.78, 5) is 34.2. The molecule has 2 atom stereocenters. The largest absolute Gasteiger partial charge is 0.480 e. The third-order valence-corrected chi connectivity index (χ3v) is 8.34. The monoisotopic (exact) mass is 605 g/mol. The molecule has 10 nitrogen and oxygen atoms in total. The first-order valence-electron chi connectivity index (χ1n) is 14.4. The smallest absolute Gasteiger partial charge is 0.450 e. The van der Waals surface area contributed by atoms with Gasteiger partial charge in [0.1, 0.15) is 11.9 Å². The summed E-state index contributed by atoms with van der Waals surface area (Å²) in [6.07, 6.45) is -2.24. The van der Waals surface area contributed by atoms with E-state index < -0.39 is 24.1 Å². The highest BCUT2D eigenvalue weighted by Crippen LogP contribution is 2.36. The minimum Gasteiger partial charge on any atom is -0.480 e. The number of fused-ring (bicyclic) bond motifs is 2. The molecule has 44 heavy (non-hydrogen) atoms. The fourth-order valence-corrected chi connectivity index (χ4v) is 6.19. The molecule has 0 bridgehead atoms. The number of halogens is 3. The van der Waals surface area contributed by atoms with E-state index in [9.17, 15) is 18.0 Å². The van der Waals surface area contributed by atoms with Crippen molar-refractivity contribution in [2.24, 2.45) is 5.92 Å². The number of nitrogens with one attached hydrogen (secondary N) is 1. The molecule has 0 aliphatic carbocycles. The summed E-state index contributed by atoms with van der Waals surface area (Å²) >= 11 is 0. The van der Waals surface area contributed by atoms with Gasteiger partial charge >= 0.3 is 12.2 Å². The van der Waals surface area contributed by atoms with Gasteiger partial charge in [-0.1, -0.05) is 30.3 Å². The summed E-state index contributed by atoms with van der Waals surface area (Å²) in [5, 5.41) is 0.908. The van der Waals surface area contributed by atoms with E-state index in [1.807, 2.05) is 30.3 Å². The topological polar surface area (TPSA) is 101 Å². The van der Waals surface area contributed by atoms with Gasteiger partial charge in [0.05, 0.1) is 47.7 Å². The van der Waals surface area contributed by atoms with E-state index in [1.165, 1.54) is 24.1 Å². The highest BCUT2D eigenvalue weighted by Gasteiger charge is 2.43. The second kappa shape index (κ2) is 11.2. The van der Waals surface area contributed by atoms with E-state index >= 15 is 0 Å². The molecule has 0 spiro atoms. The molecule has 1 unspecified atom stereocenters. The summed E-state index contributed by atoms with van der Waals surface area (Å²) < 4.78 is 54.4. The maximum absolute atomic E-state index is 14.2. The van der Waals surface area contributed by atoms with E-state index in [2.05, 4.69) is 24.8 Å². The maximum atomic E-state index is 14.2. The number of aromatic amines is 1. The number of pyridine rings is 1. The van der Waals surface area contributed by atoms with Crippen molar-refractivity contribution < 1.29 is 27.4 Å². The first kappa shape index (κ1) is 28.3. The van der Waals surface area contributed by atoms with Gasteiger partial charge in [-0.3, -0.25) is 4.90 Å². The number of alkyl halides is 3. The average Bonchev–Trinajstić information content (AvgIpc) is 3.80. The van der Waals surface area contributed by atoms with Crippen LogP contribution < -0.4 is 4.74 Å². The number of para-hydroxylation sites is 3. The molecule has 2 aliphatic rings. The van der Waals surface area contributed by atoms with Crippen LogP contribution >= 0.6 is 0 Å². The molecule has 2 saturated heterocycles. The van der Waals surface area contributed by atoms with Gasteiger partial charge in [-0.15, -0.1) is 0 Å². The lowest BCUT2D eigenvalue weighted by atomic mass is 10.1. The molecular formula is C31H30F3N7O3. The Kier molecular flexibility index (Phi) is 7.21. The standard InChI is InChI=1S/C31H30F3N7O3/c1-43-28-21(14-20-6-2-3-7-22(20)37-28)24-15-35-27(36-24)26-17-39(16-19-10-13-44-18-19)11-12-40(26)30(42)41-25-9-5-4-8-23(25)38-29(41)31(32,33)34/h2-9,14-15,19,26H,10-13,16-18H2,1H3,(H,35,36)/t19?,26-/m0/s1. The van der Waals surface area contributed by atoms with Gasteiger partial charge < -0.3 is 19.4 Å². The Hall–Kier alpha value is -4.49. The van der Waals surface area contributed by atoms with Crippen LogP contribution in [0.15, 0.2) is 60.8 Å². The number of nitrogens with zero attached hydrogens (tertiary/aromatic N) is 6. The molecular weight excluding hydrogens is 575 g/mol. The Labute approximate surface area is 250 Å². The van der Waals surface area contributed by atoms with Crippen LogP contribution in [0.4, 0.5) is 18.0 Å². The minimum absolute atomic E-state index is 0.0979. The van der Waals surface area contributed by atoms with Crippen LogP contribution in [-0.4, -0.2) is 86.8 Å². The molecule has 1 amide bonds. The van der Waals surface area contributed by atoms with E-state index in [-0.39, 0.29) is 17.6 Å². The van der Waals surface area contributed by atoms with Crippen molar-refractivity contribution in [2.75, 3.05) is 46.5 Å². The second-order valence-corrected chi connectivity index (χ2v) is 11.2. The molecule has 228 valence electrons. The number of benzene rings is 2. The van der Waals surface area contributed by atoms with Gasteiger partial charge in [-0.25, -0.2) is 24.3 Å². The minimum atomic E-state index is -4.83. The predicted octanol–water partition coefficient (Wildman–Crippen LogP) is 5.37.